The van der Waals surface area contributed by atoms with Gasteiger partial charge < -0.3 is 9.80 Å². The quantitative estimate of drug-likeness (QED) is 0.785. The summed E-state index contributed by atoms with van der Waals surface area (Å²) in [6, 6.07) is 8.40. The van der Waals surface area contributed by atoms with Crippen LogP contribution in [0.1, 0.15) is 6.42 Å². The van der Waals surface area contributed by atoms with E-state index >= 15 is 0 Å². The van der Waals surface area contributed by atoms with Gasteiger partial charge in [0, 0.05) is 16.5 Å². The van der Waals surface area contributed by atoms with Crippen molar-refractivity contribution in [1.29, 1.82) is 0 Å². The lowest BCUT2D eigenvalue weighted by molar-refractivity contribution is 0.402. The first-order valence-corrected chi connectivity index (χ1v) is 8.70. The largest absolute Gasteiger partial charge is 0.339 e. The molecule has 106 valence electrons. The highest BCUT2D eigenvalue weighted by atomic mass is 35.5. The molecule has 1 aromatic heterocycles. The molecule has 0 amide bonds. The summed E-state index contributed by atoms with van der Waals surface area (Å²) in [5, 5.41) is 2.98. The second-order valence-corrected chi connectivity index (χ2v) is 7.78. The molecule has 0 spiro atoms. The smallest absolute Gasteiger partial charge is 0.0884 e. The van der Waals surface area contributed by atoms with Gasteiger partial charge in [-0.05, 0) is 56.7 Å². The Balaban J connectivity index is 1.90. The predicted molar refractivity (Wildman–Crippen MR) is 90.1 cm³/mol. The number of nitrogens with zero attached hydrogens (tertiary/aromatic N) is 2. The fraction of sp³-hybridized carbons (Fsp3) is 0.333. The Morgan fingerprint density at radius 3 is 2.85 bits per heavy atom. The van der Waals surface area contributed by atoms with Crippen LogP contribution in [0.5, 0.6) is 0 Å². The highest BCUT2D eigenvalue weighted by Gasteiger charge is 2.24. The maximum absolute atomic E-state index is 6.19. The molecule has 20 heavy (non-hydrogen) atoms. The number of anilines is 2. The first-order valence-electron chi connectivity index (χ1n) is 6.62. The van der Waals surface area contributed by atoms with Gasteiger partial charge in [-0.2, -0.15) is 0 Å². The molecule has 5 heteroatoms. The molecule has 0 unspecified atom stereocenters. The molecule has 2 nitrogen and oxygen atoms in total. The number of hydrogen-bond donors (Lipinski definition) is 0. The summed E-state index contributed by atoms with van der Waals surface area (Å²) in [5.74, 6) is 0. The second kappa shape index (κ2) is 5.98. The van der Waals surface area contributed by atoms with E-state index in [2.05, 4.69) is 47.5 Å². The fourth-order valence-corrected chi connectivity index (χ4v) is 4.68. The molecular weight excluding hydrogens is 308 g/mol. The SMILES string of the molecule is CN(C)CCCN1c2cc(Cl)ccc2Sc2sccc21. The third-order valence-electron chi connectivity index (χ3n) is 3.30. The van der Waals surface area contributed by atoms with Gasteiger partial charge in [0.05, 0.1) is 15.6 Å². The summed E-state index contributed by atoms with van der Waals surface area (Å²) in [7, 11) is 4.24. The Morgan fingerprint density at radius 1 is 1.20 bits per heavy atom. The van der Waals surface area contributed by atoms with E-state index in [1.54, 1.807) is 0 Å². The first kappa shape index (κ1) is 14.3. The molecule has 3 rings (SSSR count). The van der Waals surface area contributed by atoms with E-state index in [-0.39, 0.29) is 0 Å². The van der Waals surface area contributed by atoms with Gasteiger partial charge in [0.25, 0.3) is 0 Å². The number of fused-ring (bicyclic) bond motifs is 2. The van der Waals surface area contributed by atoms with Crippen molar-refractivity contribution < 1.29 is 0 Å². The van der Waals surface area contributed by atoms with Crippen molar-refractivity contribution in [1.82, 2.24) is 4.90 Å². The van der Waals surface area contributed by atoms with Crippen LogP contribution in [0.3, 0.4) is 0 Å². The lowest BCUT2D eigenvalue weighted by atomic mass is 10.2. The summed E-state index contributed by atoms with van der Waals surface area (Å²) in [6.07, 6.45) is 1.14. The topological polar surface area (TPSA) is 6.48 Å². The lowest BCUT2D eigenvalue weighted by Crippen LogP contribution is -2.24. The van der Waals surface area contributed by atoms with Crippen LogP contribution >= 0.6 is 34.7 Å². The second-order valence-electron chi connectivity index (χ2n) is 5.12. The van der Waals surface area contributed by atoms with Crippen molar-refractivity contribution in [2.24, 2.45) is 0 Å². The standard InChI is InChI=1S/C15H17ClN2S2/c1-17(2)7-3-8-18-12-6-9-19-15(12)20-14-5-4-11(16)10-13(14)18/h4-6,9-10H,3,7-8H2,1-2H3. The Labute approximate surface area is 133 Å². The first-order chi connectivity index (χ1) is 9.65. The minimum absolute atomic E-state index is 0.806. The van der Waals surface area contributed by atoms with Crippen LogP contribution in [0.4, 0.5) is 11.4 Å². The Hall–Kier alpha value is -0.680. The van der Waals surface area contributed by atoms with Crippen LogP contribution in [-0.4, -0.2) is 32.1 Å². The zero-order chi connectivity index (χ0) is 14.1. The summed E-state index contributed by atoms with van der Waals surface area (Å²) in [5.41, 5.74) is 2.57. The van der Waals surface area contributed by atoms with Crippen molar-refractivity contribution in [3.05, 3.63) is 34.7 Å². The summed E-state index contributed by atoms with van der Waals surface area (Å²) in [6.45, 7) is 2.12. The van der Waals surface area contributed by atoms with Crippen LogP contribution in [-0.2, 0) is 0 Å². The van der Waals surface area contributed by atoms with E-state index in [9.17, 15) is 0 Å². The normalized spacial score (nSPS) is 13.5. The van der Waals surface area contributed by atoms with Gasteiger partial charge in [0.1, 0.15) is 0 Å². The third-order valence-corrected chi connectivity index (χ3v) is 5.73. The van der Waals surface area contributed by atoms with Gasteiger partial charge in [-0.1, -0.05) is 23.4 Å². The van der Waals surface area contributed by atoms with Crippen molar-refractivity contribution >= 4 is 46.1 Å². The molecular formula is C15H17ClN2S2. The molecule has 1 aliphatic rings. The van der Waals surface area contributed by atoms with Gasteiger partial charge in [-0.25, -0.2) is 0 Å². The monoisotopic (exact) mass is 324 g/mol. The number of benzene rings is 1. The molecule has 0 radical (unpaired) electrons. The number of halogens is 1. The van der Waals surface area contributed by atoms with Crippen molar-refractivity contribution in [2.45, 2.75) is 15.5 Å². The van der Waals surface area contributed by atoms with Crippen LogP contribution in [0.15, 0.2) is 38.8 Å². The van der Waals surface area contributed by atoms with Gasteiger partial charge in [-0.15, -0.1) is 11.3 Å². The van der Waals surface area contributed by atoms with E-state index < -0.39 is 0 Å². The van der Waals surface area contributed by atoms with Gasteiger partial charge in [0.15, 0.2) is 0 Å². The maximum atomic E-state index is 6.19. The van der Waals surface area contributed by atoms with Crippen LogP contribution in [0.25, 0.3) is 0 Å². The fourth-order valence-electron chi connectivity index (χ4n) is 2.37. The number of rotatable bonds is 4. The molecule has 2 aromatic rings. The summed E-state index contributed by atoms with van der Waals surface area (Å²) >= 11 is 9.85. The average molecular weight is 325 g/mol. The van der Waals surface area contributed by atoms with E-state index in [4.69, 9.17) is 11.6 Å². The molecule has 0 aliphatic carbocycles. The molecule has 0 N–H and O–H groups in total. The van der Waals surface area contributed by atoms with E-state index in [1.807, 2.05) is 29.2 Å². The molecule has 0 bridgehead atoms. The van der Waals surface area contributed by atoms with E-state index in [1.165, 1.54) is 20.5 Å². The Bertz CT molecular complexity index is 610. The van der Waals surface area contributed by atoms with E-state index in [0.717, 1.165) is 24.5 Å². The van der Waals surface area contributed by atoms with Gasteiger partial charge in [0.2, 0.25) is 0 Å². The average Bonchev–Trinajstić information content (AvgIpc) is 2.86. The number of thiophene rings is 1. The third kappa shape index (κ3) is 2.84. The highest BCUT2D eigenvalue weighted by molar-refractivity contribution is 8.01. The highest BCUT2D eigenvalue weighted by Crippen LogP contribution is 2.51. The van der Waals surface area contributed by atoms with Crippen LogP contribution in [0, 0.1) is 0 Å². The zero-order valence-corrected chi connectivity index (χ0v) is 14.0. The minimum Gasteiger partial charge on any atom is -0.339 e. The molecule has 0 saturated heterocycles. The van der Waals surface area contributed by atoms with Crippen molar-refractivity contribution in [3.8, 4) is 0 Å². The summed E-state index contributed by atoms with van der Waals surface area (Å²) < 4.78 is 1.38. The maximum Gasteiger partial charge on any atom is 0.0884 e. The number of hydrogen-bond acceptors (Lipinski definition) is 4. The lowest BCUT2D eigenvalue weighted by Gasteiger charge is -2.31. The van der Waals surface area contributed by atoms with Crippen LogP contribution in [0.2, 0.25) is 5.02 Å². The molecule has 1 aliphatic heterocycles. The molecule has 0 atom stereocenters. The van der Waals surface area contributed by atoms with Crippen molar-refractivity contribution in [2.75, 3.05) is 32.1 Å². The molecule has 0 fully saturated rings. The minimum atomic E-state index is 0.806. The predicted octanol–water partition coefficient (Wildman–Crippen LogP) is 4.96. The molecule has 0 saturated carbocycles. The Morgan fingerprint density at radius 2 is 2.05 bits per heavy atom. The van der Waals surface area contributed by atoms with Crippen LogP contribution < -0.4 is 4.90 Å². The van der Waals surface area contributed by atoms with Gasteiger partial charge >= 0.3 is 0 Å². The van der Waals surface area contributed by atoms with Gasteiger partial charge in [-0.3, -0.25) is 0 Å². The molecule has 1 aromatic carbocycles. The van der Waals surface area contributed by atoms with Crippen molar-refractivity contribution in [3.63, 3.8) is 0 Å². The molecule has 2 heterocycles. The van der Waals surface area contributed by atoms with E-state index in [0.29, 0.717) is 0 Å². The summed E-state index contributed by atoms with van der Waals surface area (Å²) in [4.78, 5) is 5.94. The Kier molecular flexibility index (Phi) is 4.26. The zero-order valence-electron chi connectivity index (χ0n) is 11.6.